The van der Waals surface area contributed by atoms with Crippen molar-refractivity contribution < 1.29 is 0 Å². The van der Waals surface area contributed by atoms with Gasteiger partial charge in [-0.2, -0.15) is 0 Å². The van der Waals surface area contributed by atoms with Crippen LogP contribution < -0.4 is 0 Å². The molecule has 7 aromatic carbocycles. The molecule has 0 bridgehead atoms. The Bertz CT molecular complexity index is 2540. The summed E-state index contributed by atoms with van der Waals surface area (Å²) in [6, 6.07) is 65.4. The second-order valence-electron chi connectivity index (χ2n) is 12.4. The summed E-state index contributed by atoms with van der Waals surface area (Å²) in [4.78, 5) is 15.8. The van der Waals surface area contributed by atoms with Crippen LogP contribution in [0.4, 0.5) is 0 Å². The number of pyridine rings is 1. The zero-order valence-electron chi connectivity index (χ0n) is 27.2. The van der Waals surface area contributed by atoms with Gasteiger partial charge in [0.15, 0.2) is 5.82 Å². The predicted octanol–water partition coefficient (Wildman–Crippen LogP) is 12.2. The fourth-order valence-electron chi connectivity index (χ4n) is 6.94. The maximum atomic E-state index is 5.26. The van der Waals surface area contributed by atoms with Crippen molar-refractivity contribution in [2.75, 3.05) is 0 Å². The lowest BCUT2D eigenvalue weighted by atomic mass is 9.91. The van der Waals surface area contributed by atoms with Crippen molar-refractivity contribution in [2.45, 2.75) is 0 Å². The maximum Gasteiger partial charge on any atom is 0.160 e. The molecule has 2 heterocycles. The Morgan fingerprint density at radius 1 is 0.280 bits per heavy atom. The molecule has 0 N–H and O–H groups in total. The number of benzene rings is 7. The predicted molar refractivity (Wildman–Crippen MR) is 207 cm³/mol. The minimum Gasteiger partial charge on any atom is -0.247 e. The van der Waals surface area contributed by atoms with Gasteiger partial charge in [-0.05, 0) is 22.8 Å². The van der Waals surface area contributed by atoms with Crippen LogP contribution in [0.5, 0.6) is 0 Å². The molecule has 50 heavy (non-hydrogen) atoms. The number of hydrogen-bond donors (Lipinski definition) is 0. The van der Waals surface area contributed by atoms with E-state index in [9.17, 15) is 0 Å². The van der Waals surface area contributed by atoms with Crippen molar-refractivity contribution in [3.63, 3.8) is 0 Å². The molecule has 0 saturated heterocycles. The lowest BCUT2D eigenvalue weighted by Crippen LogP contribution is -2.01. The molecule has 0 aliphatic carbocycles. The van der Waals surface area contributed by atoms with Gasteiger partial charge >= 0.3 is 0 Å². The molecular formula is C47H31N3. The number of aromatic nitrogens is 3. The van der Waals surface area contributed by atoms with Crippen molar-refractivity contribution in [1.82, 2.24) is 15.0 Å². The Morgan fingerprint density at radius 2 is 0.740 bits per heavy atom. The SMILES string of the molecule is c1ccc(-c2nc(-c3ccccc3)c(-c3ccc(-c4nc5ccccc5c5c(-c6ccccc6)cccc45)cc3)c(-c3ccccc3)n2)cc1. The Hall–Kier alpha value is -6.71. The number of para-hydroxylation sites is 1. The molecule has 234 valence electrons. The van der Waals surface area contributed by atoms with Crippen molar-refractivity contribution >= 4 is 21.7 Å². The van der Waals surface area contributed by atoms with Crippen LogP contribution in [-0.2, 0) is 0 Å². The van der Waals surface area contributed by atoms with Crippen LogP contribution in [0.15, 0.2) is 188 Å². The molecule has 0 amide bonds. The monoisotopic (exact) mass is 637 g/mol. The Balaban J connectivity index is 1.26. The number of rotatable bonds is 6. The maximum absolute atomic E-state index is 5.26. The first-order valence-electron chi connectivity index (χ1n) is 16.9. The normalized spacial score (nSPS) is 11.2. The van der Waals surface area contributed by atoms with E-state index in [1.165, 1.54) is 16.5 Å². The molecule has 0 unspecified atom stereocenters. The smallest absolute Gasteiger partial charge is 0.160 e. The second-order valence-corrected chi connectivity index (χ2v) is 12.4. The average Bonchev–Trinajstić information content (AvgIpc) is 3.21. The largest absolute Gasteiger partial charge is 0.247 e. The number of hydrogen-bond acceptors (Lipinski definition) is 3. The highest BCUT2D eigenvalue weighted by atomic mass is 14.9. The summed E-state index contributed by atoms with van der Waals surface area (Å²) in [6.07, 6.45) is 0. The highest BCUT2D eigenvalue weighted by Gasteiger charge is 2.21. The van der Waals surface area contributed by atoms with Crippen molar-refractivity contribution in [3.8, 4) is 67.4 Å². The highest BCUT2D eigenvalue weighted by molar-refractivity contribution is 6.17. The molecule has 0 aliphatic heterocycles. The van der Waals surface area contributed by atoms with Crippen LogP contribution in [0.3, 0.4) is 0 Å². The van der Waals surface area contributed by atoms with E-state index in [1.807, 2.05) is 30.3 Å². The summed E-state index contributed by atoms with van der Waals surface area (Å²) in [5.74, 6) is 0.699. The molecular weight excluding hydrogens is 607 g/mol. The van der Waals surface area contributed by atoms with E-state index in [0.29, 0.717) is 5.82 Å². The van der Waals surface area contributed by atoms with Gasteiger partial charge in [0, 0.05) is 44.0 Å². The van der Waals surface area contributed by atoms with E-state index < -0.39 is 0 Å². The number of fused-ring (bicyclic) bond motifs is 3. The summed E-state index contributed by atoms with van der Waals surface area (Å²) in [5.41, 5.74) is 12.3. The first kappa shape index (κ1) is 29.4. The fourth-order valence-corrected chi connectivity index (χ4v) is 6.94. The Labute approximate surface area is 291 Å². The Morgan fingerprint density at radius 3 is 1.34 bits per heavy atom. The summed E-state index contributed by atoms with van der Waals surface area (Å²) in [6.45, 7) is 0. The van der Waals surface area contributed by atoms with Crippen LogP contribution in [0.2, 0.25) is 0 Å². The van der Waals surface area contributed by atoms with E-state index in [4.69, 9.17) is 15.0 Å². The molecule has 9 rings (SSSR count). The summed E-state index contributed by atoms with van der Waals surface area (Å²) >= 11 is 0. The van der Waals surface area contributed by atoms with Crippen LogP contribution in [0, 0.1) is 0 Å². The second kappa shape index (κ2) is 12.7. The van der Waals surface area contributed by atoms with Crippen LogP contribution in [0.25, 0.3) is 89.1 Å². The van der Waals surface area contributed by atoms with Gasteiger partial charge in [0.05, 0.1) is 22.6 Å². The summed E-state index contributed by atoms with van der Waals surface area (Å²) in [7, 11) is 0. The molecule has 0 spiro atoms. The van der Waals surface area contributed by atoms with E-state index in [0.717, 1.165) is 66.8 Å². The van der Waals surface area contributed by atoms with Crippen LogP contribution in [-0.4, -0.2) is 15.0 Å². The topological polar surface area (TPSA) is 38.7 Å². The van der Waals surface area contributed by atoms with E-state index in [1.54, 1.807) is 0 Å². The van der Waals surface area contributed by atoms with E-state index in [-0.39, 0.29) is 0 Å². The van der Waals surface area contributed by atoms with Gasteiger partial charge in [-0.1, -0.05) is 182 Å². The third kappa shape index (κ3) is 5.32. The molecule has 3 heteroatoms. The fraction of sp³-hybridized carbons (Fsp3) is 0. The third-order valence-corrected chi connectivity index (χ3v) is 9.29. The van der Waals surface area contributed by atoms with Crippen LogP contribution in [0.1, 0.15) is 0 Å². The van der Waals surface area contributed by atoms with Crippen LogP contribution >= 0.6 is 0 Å². The molecule has 0 atom stereocenters. The minimum atomic E-state index is 0.699. The molecule has 9 aromatic rings. The zero-order chi connectivity index (χ0) is 33.3. The molecule has 0 aliphatic rings. The summed E-state index contributed by atoms with van der Waals surface area (Å²) in [5, 5.41) is 3.49. The van der Waals surface area contributed by atoms with Crippen molar-refractivity contribution in [1.29, 1.82) is 0 Å². The third-order valence-electron chi connectivity index (χ3n) is 9.29. The number of nitrogens with zero attached hydrogens (tertiary/aromatic N) is 3. The highest BCUT2D eigenvalue weighted by Crippen LogP contribution is 2.42. The van der Waals surface area contributed by atoms with E-state index >= 15 is 0 Å². The molecule has 0 radical (unpaired) electrons. The van der Waals surface area contributed by atoms with Gasteiger partial charge in [-0.25, -0.2) is 15.0 Å². The van der Waals surface area contributed by atoms with Crippen molar-refractivity contribution in [2.24, 2.45) is 0 Å². The first-order valence-corrected chi connectivity index (χ1v) is 16.9. The quantitative estimate of drug-likeness (QED) is 0.170. The molecule has 0 saturated carbocycles. The lowest BCUT2D eigenvalue weighted by molar-refractivity contribution is 1.18. The Kier molecular flexibility index (Phi) is 7.49. The van der Waals surface area contributed by atoms with Crippen molar-refractivity contribution in [3.05, 3.63) is 188 Å². The van der Waals surface area contributed by atoms with Gasteiger partial charge in [-0.15, -0.1) is 0 Å². The molecule has 3 nitrogen and oxygen atoms in total. The van der Waals surface area contributed by atoms with Gasteiger partial charge in [0.25, 0.3) is 0 Å². The standard InChI is InChI=1S/C47H31N3/c1-5-16-32(17-6-1)38-25-15-26-40-43(38)39-24-13-14-27-41(39)48-44(40)36-30-28-33(29-31-36)42-45(34-18-7-2-8-19-34)49-47(37-22-11-4-12-23-37)50-46(42)35-20-9-3-10-21-35/h1-31H. The van der Waals surface area contributed by atoms with Gasteiger partial charge in [0.1, 0.15) is 0 Å². The van der Waals surface area contributed by atoms with Gasteiger partial charge < -0.3 is 0 Å². The molecule has 0 fully saturated rings. The van der Waals surface area contributed by atoms with Gasteiger partial charge in [0.2, 0.25) is 0 Å². The van der Waals surface area contributed by atoms with Gasteiger partial charge in [-0.3, -0.25) is 0 Å². The zero-order valence-corrected chi connectivity index (χ0v) is 27.2. The summed E-state index contributed by atoms with van der Waals surface area (Å²) < 4.78 is 0. The van der Waals surface area contributed by atoms with E-state index in [2.05, 4.69) is 158 Å². The first-order chi connectivity index (χ1) is 24.8. The lowest BCUT2D eigenvalue weighted by Gasteiger charge is -2.18. The minimum absolute atomic E-state index is 0.699. The molecule has 2 aromatic heterocycles. The average molecular weight is 638 g/mol.